The largest absolute Gasteiger partial charge is 0.457 e. The average molecular weight is 929 g/mol. The second-order valence-corrected chi connectivity index (χ2v) is 19.6. The Morgan fingerprint density at radius 3 is 1.31 bits per heavy atom. The number of ether oxygens (including phenoxy) is 2. The summed E-state index contributed by atoms with van der Waals surface area (Å²) in [4.78, 5) is 60.8. The molecule has 0 aromatic heterocycles. The van der Waals surface area contributed by atoms with Crippen LogP contribution in [0, 0.1) is 0 Å². The summed E-state index contributed by atoms with van der Waals surface area (Å²) >= 11 is 0. The Bertz CT molecular complexity index is 3860. The van der Waals surface area contributed by atoms with Crippen molar-refractivity contribution in [1.82, 2.24) is 0 Å². The van der Waals surface area contributed by atoms with Crippen LogP contribution in [0.5, 0.6) is 23.0 Å². The van der Waals surface area contributed by atoms with Gasteiger partial charge in [-0.05, 0) is 134 Å². The molecule has 71 heavy (non-hydrogen) atoms. The molecular formula is C63H48N2O6. The van der Waals surface area contributed by atoms with Gasteiger partial charge in [-0.2, -0.15) is 0 Å². The van der Waals surface area contributed by atoms with E-state index in [4.69, 9.17) is 9.47 Å². The number of carbonyl (C=O) groups excluding carboxylic acids is 4. The summed E-state index contributed by atoms with van der Waals surface area (Å²) in [5.74, 6) is 1.19. The summed E-state index contributed by atoms with van der Waals surface area (Å²) in [6.45, 7) is 16.4. The Labute approximate surface area is 410 Å². The summed E-state index contributed by atoms with van der Waals surface area (Å²) in [6.07, 6.45) is 1.68. The number of carbonyl (C=O) groups is 4. The van der Waals surface area contributed by atoms with Crippen molar-refractivity contribution in [2.75, 3.05) is 9.80 Å². The molecule has 0 atom stereocenters. The van der Waals surface area contributed by atoms with E-state index in [1.165, 1.54) is 9.80 Å². The van der Waals surface area contributed by atoms with Gasteiger partial charge in [0, 0.05) is 49.2 Å². The van der Waals surface area contributed by atoms with Crippen molar-refractivity contribution in [2.24, 2.45) is 0 Å². The summed E-state index contributed by atoms with van der Waals surface area (Å²) < 4.78 is 13.1. The van der Waals surface area contributed by atoms with Gasteiger partial charge in [-0.25, -0.2) is 9.80 Å². The smallest absolute Gasteiger partial charge is 0.266 e. The number of hydrogen-bond donors (Lipinski definition) is 0. The fourth-order valence-electron chi connectivity index (χ4n) is 11.2. The van der Waals surface area contributed by atoms with Gasteiger partial charge in [-0.3, -0.25) is 19.2 Å². The number of para-hydroxylation sites is 2. The fourth-order valence-corrected chi connectivity index (χ4v) is 11.2. The molecule has 346 valence electrons. The van der Waals surface area contributed by atoms with Crippen molar-refractivity contribution in [3.8, 4) is 23.0 Å². The maximum Gasteiger partial charge on any atom is 0.266 e. The topological polar surface area (TPSA) is 93.2 Å². The minimum atomic E-state index is -0.393. The van der Waals surface area contributed by atoms with Gasteiger partial charge in [0.05, 0.1) is 11.4 Å². The molecule has 2 aliphatic rings. The zero-order chi connectivity index (χ0) is 49.1. The predicted octanol–water partition coefficient (Wildman–Crippen LogP) is 16.1. The van der Waals surface area contributed by atoms with Crippen molar-refractivity contribution in [3.05, 3.63) is 197 Å². The number of imide groups is 2. The van der Waals surface area contributed by atoms with Crippen LogP contribution in [0.25, 0.3) is 59.9 Å². The second-order valence-electron chi connectivity index (χ2n) is 19.6. The van der Waals surface area contributed by atoms with Gasteiger partial charge < -0.3 is 9.47 Å². The van der Waals surface area contributed by atoms with Crippen LogP contribution in [0.2, 0.25) is 0 Å². The van der Waals surface area contributed by atoms with Crippen LogP contribution in [-0.4, -0.2) is 23.6 Å². The van der Waals surface area contributed by atoms with Gasteiger partial charge >= 0.3 is 0 Å². The minimum Gasteiger partial charge on any atom is -0.457 e. The molecule has 2 heterocycles. The number of benzene rings is 10. The van der Waals surface area contributed by atoms with Gasteiger partial charge in [0.25, 0.3) is 23.6 Å². The highest BCUT2D eigenvalue weighted by atomic mass is 16.5. The molecule has 0 saturated carbocycles. The number of rotatable bonds is 10. The van der Waals surface area contributed by atoms with Crippen LogP contribution in [0.1, 0.15) is 123 Å². The molecule has 10 aromatic rings. The molecule has 2 aliphatic heterocycles. The zero-order valence-corrected chi connectivity index (χ0v) is 40.2. The summed E-state index contributed by atoms with van der Waals surface area (Å²) in [6, 6.07) is 46.2. The van der Waals surface area contributed by atoms with E-state index in [1.54, 1.807) is 24.3 Å². The van der Waals surface area contributed by atoms with E-state index < -0.39 is 11.8 Å². The van der Waals surface area contributed by atoms with Gasteiger partial charge in [0.15, 0.2) is 0 Å². The molecule has 0 unspecified atom stereocenters. The maximum atomic E-state index is 14.7. The molecule has 8 heteroatoms. The first kappa shape index (κ1) is 43.6. The molecule has 0 saturated heterocycles. The molecule has 0 N–H and O–H groups in total. The predicted molar refractivity (Wildman–Crippen MR) is 286 cm³/mol. The van der Waals surface area contributed by atoms with E-state index >= 15 is 0 Å². The van der Waals surface area contributed by atoms with E-state index in [1.807, 2.05) is 123 Å². The Kier molecular flexibility index (Phi) is 9.98. The number of amides is 4. The fraction of sp³-hybridized carbons (Fsp3) is 0.143. The second kappa shape index (κ2) is 16.2. The molecule has 0 radical (unpaired) electrons. The Hall–Kier alpha value is -8.62. The monoisotopic (exact) mass is 928 g/mol. The van der Waals surface area contributed by atoms with Gasteiger partial charge in [0.2, 0.25) is 0 Å². The lowest BCUT2D eigenvalue weighted by Crippen LogP contribution is -2.41. The Morgan fingerprint density at radius 1 is 0.380 bits per heavy atom. The third kappa shape index (κ3) is 6.44. The van der Waals surface area contributed by atoms with E-state index in [-0.39, 0.29) is 29.6 Å². The molecule has 12 rings (SSSR count). The average Bonchev–Trinajstić information content (AvgIpc) is 3.37. The lowest BCUT2D eigenvalue weighted by molar-refractivity contribution is 0.0877. The standard InChI is InChI=1S/C63H48N2O6/c1-8-36-13-9-14-39(33(2)3)58(36)64-60(66)48-20-12-19-47-53(32-30-49(55(47)48)61(64)67)71-38-23-21-37(22-24-38)70-52-31-29-43-45-26-28-51-57-50(27-25-44(56(45)57)42-17-11-18-46(52)54(42)43)62(68)65(63(51)69)59-40(34(4)5)15-10-16-41(59)35(6)7/h8-35H,1H2,2-7H3. The van der Waals surface area contributed by atoms with E-state index in [9.17, 15) is 19.2 Å². The quantitative estimate of drug-likeness (QED) is 0.0770. The third-order valence-corrected chi connectivity index (χ3v) is 14.5. The van der Waals surface area contributed by atoms with E-state index in [0.717, 1.165) is 54.4 Å². The molecule has 0 aliphatic carbocycles. The van der Waals surface area contributed by atoms with Crippen LogP contribution in [-0.2, 0) is 0 Å². The van der Waals surface area contributed by atoms with Crippen LogP contribution >= 0.6 is 0 Å². The highest BCUT2D eigenvalue weighted by Crippen LogP contribution is 2.48. The van der Waals surface area contributed by atoms with Crippen LogP contribution in [0.3, 0.4) is 0 Å². The maximum absolute atomic E-state index is 14.7. The number of fused-ring (bicyclic) bond motifs is 2. The van der Waals surface area contributed by atoms with Gasteiger partial charge in [-0.15, -0.1) is 0 Å². The molecule has 8 nitrogen and oxygen atoms in total. The Morgan fingerprint density at radius 2 is 0.761 bits per heavy atom. The molecule has 4 amide bonds. The van der Waals surface area contributed by atoms with Crippen molar-refractivity contribution in [1.29, 1.82) is 0 Å². The SMILES string of the molecule is C=Cc1cccc(C(C)C)c1N1C(=O)c2cccc3c(Oc4ccc(Oc5ccc6c7ccc8c9c(ccc(c%10cccc5c%106)c97)C(=O)N(c5c(C(C)C)cccc5C(C)C)C8=O)cc4)ccc(c23)C1=O. The minimum absolute atomic E-state index is 0.0636. The zero-order valence-electron chi connectivity index (χ0n) is 40.2. The summed E-state index contributed by atoms with van der Waals surface area (Å²) in [7, 11) is 0. The number of nitrogens with zero attached hydrogens (tertiary/aromatic N) is 2. The van der Waals surface area contributed by atoms with Crippen LogP contribution < -0.4 is 19.3 Å². The summed E-state index contributed by atoms with van der Waals surface area (Å²) in [5, 5.41) is 8.66. The highest BCUT2D eigenvalue weighted by Gasteiger charge is 2.39. The molecule has 0 bridgehead atoms. The molecule has 10 aromatic carbocycles. The third-order valence-electron chi connectivity index (χ3n) is 14.5. The van der Waals surface area contributed by atoms with Gasteiger partial charge in [-0.1, -0.05) is 133 Å². The van der Waals surface area contributed by atoms with Crippen LogP contribution in [0.15, 0.2) is 152 Å². The first-order valence-corrected chi connectivity index (χ1v) is 24.2. The lowest BCUT2D eigenvalue weighted by Gasteiger charge is -2.32. The normalized spacial score (nSPS) is 13.7. The highest BCUT2D eigenvalue weighted by molar-refractivity contribution is 6.43. The molecule has 0 spiro atoms. The van der Waals surface area contributed by atoms with Gasteiger partial charge in [0.1, 0.15) is 23.0 Å². The number of anilines is 2. The lowest BCUT2D eigenvalue weighted by atomic mass is 9.84. The molecular weight excluding hydrogens is 881 g/mol. The van der Waals surface area contributed by atoms with Crippen molar-refractivity contribution < 1.29 is 28.7 Å². The molecule has 0 fully saturated rings. The number of hydrogen-bond acceptors (Lipinski definition) is 6. The van der Waals surface area contributed by atoms with E-state index in [0.29, 0.717) is 78.3 Å². The van der Waals surface area contributed by atoms with Crippen molar-refractivity contribution in [3.63, 3.8) is 0 Å². The van der Waals surface area contributed by atoms with Crippen molar-refractivity contribution in [2.45, 2.75) is 59.3 Å². The van der Waals surface area contributed by atoms with Crippen molar-refractivity contribution >= 4 is 94.9 Å². The first-order chi connectivity index (χ1) is 34.4. The first-order valence-electron chi connectivity index (χ1n) is 24.2. The van der Waals surface area contributed by atoms with Crippen LogP contribution in [0.4, 0.5) is 11.4 Å². The Balaban J connectivity index is 0.865. The van der Waals surface area contributed by atoms with E-state index in [2.05, 4.69) is 52.5 Å². The summed E-state index contributed by atoms with van der Waals surface area (Å²) in [5.41, 5.74) is 6.68.